The van der Waals surface area contributed by atoms with Gasteiger partial charge in [0.1, 0.15) is 0 Å². The van der Waals surface area contributed by atoms with Crippen molar-refractivity contribution < 1.29 is 14.0 Å². The van der Waals surface area contributed by atoms with Crippen LogP contribution < -0.4 is 0 Å². The van der Waals surface area contributed by atoms with E-state index in [-0.39, 0.29) is 11.8 Å². The minimum absolute atomic E-state index is 0.0246. The number of carbonyl (C=O) groups excluding carboxylic acids is 2. The van der Waals surface area contributed by atoms with E-state index in [2.05, 4.69) is 0 Å². The van der Waals surface area contributed by atoms with Gasteiger partial charge in [-0.3, -0.25) is 14.5 Å². The summed E-state index contributed by atoms with van der Waals surface area (Å²) >= 11 is 0. The molecule has 0 radical (unpaired) electrons. The van der Waals surface area contributed by atoms with Crippen molar-refractivity contribution in [2.75, 3.05) is 6.54 Å². The molecular weight excluding hydrogens is 206 g/mol. The molecule has 0 atom stereocenters. The van der Waals surface area contributed by atoms with Gasteiger partial charge in [-0.25, -0.2) is 0 Å². The van der Waals surface area contributed by atoms with Gasteiger partial charge in [0.15, 0.2) is 0 Å². The molecule has 1 fully saturated rings. The maximum absolute atomic E-state index is 11.5. The SMILES string of the molecule is O=C1CCCC(=O)N1CCCc1ccoc1. The van der Waals surface area contributed by atoms with Gasteiger partial charge in [0, 0.05) is 19.4 Å². The van der Waals surface area contributed by atoms with E-state index in [4.69, 9.17) is 4.42 Å². The fourth-order valence-electron chi connectivity index (χ4n) is 1.93. The molecule has 1 aromatic rings. The van der Waals surface area contributed by atoms with Crippen molar-refractivity contribution in [2.24, 2.45) is 0 Å². The van der Waals surface area contributed by atoms with Crippen LogP contribution in [-0.4, -0.2) is 23.3 Å². The predicted octanol–water partition coefficient (Wildman–Crippen LogP) is 1.75. The molecule has 16 heavy (non-hydrogen) atoms. The third kappa shape index (κ3) is 2.51. The first kappa shape index (κ1) is 10.9. The van der Waals surface area contributed by atoms with Gasteiger partial charge in [-0.15, -0.1) is 0 Å². The lowest BCUT2D eigenvalue weighted by molar-refractivity contribution is -0.147. The summed E-state index contributed by atoms with van der Waals surface area (Å²) in [4.78, 5) is 24.4. The number of rotatable bonds is 4. The molecule has 1 saturated heterocycles. The lowest BCUT2D eigenvalue weighted by Crippen LogP contribution is -2.40. The van der Waals surface area contributed by atoms with E-state index >= 15 is 0 Å². The van der Waals surface area contributed by atoms with Crippen molar-refractivity contribution in [1.82, 2.24) is 4.90 Å². The summed E-state index contributed by atoms with van der Waals surface area (Å²) in [6.45, 7) is 0.531. The highest BCUT2D eigenvalue weighted by atomic mass is 16.3. The van der Waals surface area contributed by atoms with Crippen molar-refractivity contribution in [2.45, 2.75) is 32.1 Å². The molecule has 0 aliphatic carbocycles. The second-order valence-corrected chi connectivity index (χ2v) is 4.03. The van der Waals surface area contributed by atoms with Crippen LogP contribution >= 0.6 is 0 Å². The Morgan fingerprint density at radius 3 is 2.62 bits per heavy atom. The van der Waals surface area contributed by atoms with Gasteiger partial charge in [0.05, 0.1) is 12.5 Å². The van der Waals surface area contributed by atoms with E-state index in [0.29, 0.717) is 25.8 Å². The van der Waals surface area contributed by atoms with Gasteiger partial charge in [-0.1, -0.05) is 0 Å². The van der Waals surface area contributed by atoms with Crippen molar-refractivity contribution in [3.8, 4) is 0 Å². The Labute approximate surface area is 94.2 Å². The normalized spacial score (nSPS) is 16.9. The summed E-state index contributed by atoms with van der Waals surface area (Å²) in [6.07, 6.45) is 6.70. The van der Waals surface area contributed by atoms with E-state index in [9.17, 15) is 9.59 Å². The number of aryl methyl sites for hydroxylation is 1. The second kappa shape index (κ2) is 4.96. The molecule has 2 heterocycles. The summed E-state index contributed by atoms with van der Waals surface area (Å²) in [5.74, 6) is -0.0492. The minimum Gasteiger partial charge on any atom is -0.472 e. The zero-order valence-corrected chi connectivity index (χ0v) is 9.15. The molecule has 0 saturated carbocycles. The maximum Gasteiger partial charge on any atom is 0.229 e. The third-order valence-corrected chi connectivity index (χ3v) is 2.81. The number of hydrogen-bond acceptors (Lipinski definition) is 3. The molecule has 4 nitrogen and oxygen atoms in total. The van der Waals surface area contributed by atoms with Gasteiger partial charge in [-0.2, -0.15) is 0 Å². The van der Waals surface area contributed by atoms with Gasteiger partial charge in [0.2, 0.25) is 11.8 Å². The maximum atomic E-state index is 11.5. The zero-order valence-electron chi connectivity index (χ0n) is 9.15. The van der Waals surface area contributed by atoms with Crippen LogP contribution in [0.4, 0.5) is 0 Å². The third-order valence-electron chi connectivity index (χ3n) is 2.81. The first-order valence-electron chi connectivity index (χ1n) is 5.61. The monoisotopic (exact) mass is 221 g/mol. The van der Waals surface area contributed by atoms with Gasteiger partial charge >= 0.3 is 0 Å². The number of carbonyl (C=O) groups is 2. The number of imide groups is 1. The summed E-state index contributed by atoms with van der Waals surface area (Å²) in [5, 5.41) is 0. The smallest absolute Gasteiger partial charge is 0.229 e. The van der Waals surface area contributed by atoms with Crippen LogP contribution in [0.5, 0.6) is 0 Å². The van der Waals surface area contributed by atoms with E-state index in [1.165, 1.54) is 4.90 Å². The topological polar surface area (TPSA) is 50.5 Å². The number of furan rings is 1. The summed E-state index contributed by atoms with van der Waals surface area (Å²) < 4.78 is 4.95. The number of piperidine rings is 1. The van der Waals surface area contributed by atoms with Crippen molar-refractivity contribution in [3.05, 3.63) is 24.2 Å². The molecule has 1 aromatic heterocycles. The lowest BCUT2D eigenvalue weighted by Gasteiger charge is -2.24. The van der Waals surface area contributed by atoms with Crippen LogP contribution in [0.15, 0.2) is 23.0 Å². The number of likely N-dealkylation sites (tertiary alicyclic amines) is 1. The van der Waals surface area contributed by atoms with E-state index in [1.807, 2.05) is 6.07 Å². The van der Waals surface area contributed by atoms with Gasteiger partial charge in [0.25, 0.3) is 0 Å². The Morgan fingerprint density at radius 1 is 1.25 bits per heavy atom. The molecule has 0 unspecified atom stereocenters. The van der Waals surface area contributed by atoms with Crippen molar-refractivity contribution >= 4 is 11.8 Å². The highest BCUT2D eigenvalue weighted by molar-refractivity contribution is 5.97. The van der Waals surface area contributed by atoms with Crippen LogP contribution in [-0.2, 0) is 16.0 Å². The average Bonchev–Trinajstić information content (AvgIpc) is 2.75. The standard InChI is InChI=1S/C12H15NO3/c14-11-4-1-5-12(15)13(11)7-2-3-10-6-8-16-9-10/h6,8-9H,1-5,7H2. The van der Waals surface area contributed by atoms with Crippen LogP contribution in [0.25, 0.3) is 0 Å². The number of nitrogens with zero attached hydrogens (tertiary/aromatic N) is 1. The Kier molecular flexibility index (Phi) is 3.39. The summed E-state index contributed by atoms with van der Waals surface area (Å²) in [6, 6.07) is 1.90. The molecular formula is C12H15NO3. The highest BCUT2D eigenvalue weighted by Crippen LogP contribution is 2.13. The highest BCUT2D eigenvalue weighted by Gasteiger charge is 2.24. The molecule has 0 aromatic carbocycles. The Hall–Kier alpha value is -1.58. The Bertz CT molecular complexity index is 354. The molecule has 0 bridgehead atoms. The van der Waals surface area contributed by atoms with Crippen LogP contribution in [0, 0.1) is 0 Å². The predicted molar refractivity (Wildman–Crippen MR) is 57.6 cm³/mol. The molecule has 0 N–H and O–H groups in total. The van der Waals surface area contributed by atoms with Gasteiger partial charge in [-0.05, 0) is 30.9 Å². The molecule has 4 heteroatoms. The summed E-state index contributed by atoms with van der Waals surface area (Å²) in [5.41, 5.74) is 1.11. The van der Waals surface area contributed by atoms with Crippen molar-refractivity contribution in [1.29, 1.82) is 0 Å². The Morgan fingerprint density at radius 2 is 2.00 bits per heavy atom. The first-order chi connectivity index (χ1) is 7.77. The molecule has 2 rings (SSSR count). The molecule has 2 amide bonds. The zero-order chi connectivity index (χ0) is 11.4. The van der Waals surface area contributed by atoms with Gasteiger partial charge < -0.3 is 4.42 Å². The largest absolute Gasteiger partial charge is 0.472 e. The number of hydrogen-bond donors (Lipinski definition) is 0. The van der Waals surface area contributed by atoms with Crippen LogP contribution in [0.1, 0.15) is 31.2 Å². The number of amides is 2. The van der Waals surface area contributed by atoms with E-state index < -0.39 is 0 Å². The molecule has 86 valence electrons. The minimum atomic E-state index is -0.0246. The van der Waals surface area contributed by atoms with E-state index in [1.54, 1.807) is 12.5 Å². The quantitative estimate of drug-likeness (QED) is 0.728. The average molecular weight is 221 g/mol. The van der Waals surface area contributed by atoms with Crippen LogP contribution in [0.2, 0.25) is 0 Å². The fraction of sp³-hybridized carbons (Fsp3) is 0.500. The second-order valence-electron chi connectivity index (χ2n) is 4.03. The lowest BCUT2D eigenvalue weighted by atomic mass is 10.1. The molecule has 1 aliphatic rings. The van der Waals surface area contributed by atoms with E-state index in [0.717, 1.165) is 18.4 Å². The first-order valence-corrected chi connectivity index (χ1v) is 5.61. The van der Waals surface area contributed by atoms with Crippen molar-refractivity contribution in [3.63, 3.8) is 0 Å². The summed E-state index contributed by atoms with van der Waals surface area (Å²) in [7, 11) is 0. The Balaban J connectivity index is 1.80. The molecule has 1 aliphatic heterocycles. The van der Waals surface area contributed by atoms with Crippen LogP contribution in [0.3, 0.4) is 0 Å². The molecule has 0 spiro atoms. The fourth-order valence-corrected chi connectivity index (χ4v) is 1.93.